The number of hydrogen-bond donors (Lipinski definition) is 0. The van der Waals surface area contributed by atoms with Crippen molar-refractivity contribution in [3.8, 4) is 0 Å². The highest BCUT2D eigenvalue weighted by molar-refractivity contribution is 4.98. The number of ether oxygens (including phenoxy) is 2. The molecule has 4 atom stereocenters. The normalized spacial score (nSPS) is 35.0. The summed E-state index contributed by atoms with van der Waals surface area (Å²) in [4.78, 5) is 0. The van der Waals surface area contributed by atoms with Crippen molar-refractivity contribution in [2.75, 3.05) is 13.2 Å². The average Bonchev–Trinajstić information content (AvgIpc) is 2.90. The first-order valence-electron chi connectivity index (χ1n) is 7.74. The zero-order chi connectivity index (χ0) is 13.8. The minimum Gasteiger partial charge on any atom is -0.375 e. The van der Waals surface area contributed by atoms with Gasteiger partial charge in [0.1, 0.15) is 0 Å². The van der Waals surface area contributed by atoms with Crippen LogP contribution in [0.2, 0.25) is 0 Å². The molecular formula is C16H32O2. The third-order valence-electron chi connectivity index (χ3n) is 4.60. The van der Waals surface area contributed by atoms with Gasteiger partial charge in [0, 0.05) is 11.8 Å². The van der Waals surface area contributed by atoms with Crippen LogP contribution in [0.15, 0.2) is 0 Å². The summed E-state index contributed by atoms with van der Waals surface area (Å²) in [5, 5.41) is 0. The molecule has 2 fully saturated rings. The van der Waals surface area contributed by atoms with Crippen LogP contribution >= 0.6 is 0 Å². The van der Waals surface area contributed by atoms with E-state index in [1.165, 1.54) is 19.3 Å². The van der Waals surface area contributed by atoms with Crippen molar-refractivity contribution in [3.05, 3.63) is 0 Å². The molecule has 4 unspecified atom stereocenters. The van der Waals surface area contributed by atoms with Crippen molar-refractivity contribution in [1.29, 1.82) is 0 Å². The van der Waals surface area contributed by atoms with Gasteiger partial charge in [0.2, 0.25) is 0 Å². The topological polar surface area (TPSA) is 18.5 Å². The number of hydrogen-bond acceptors (Lipinski definition) is 2. The fraction of sp³-hybridized carbons (Fsp3) is 1.00. The molecule has 0 radical (unpaired) electrons. The van der Waals surface area contributed by atoms with Crippen LogP contribution < -0.4 is 0 Å². The molecule has 2 aliphatic heterocycles. The Morgan fingerprint density at radius 3 is 2.00 bits per heavy atom. The van der Waals surface area contributed by atoms with Gasteiger partial charge in [-0.3, -0.25) is 0 Å². The molecule has 2 nitrogen and oxygen atoms in total. The fourth-order valence-corrected chi connectivity index (χ4v) is 2.86. The first-order chi connectivity index (χ1) is 8.51. The number of fused-ring (bicyclic) bond motifs is 1. The summed E-state index contributed by atoms with van der Waals surface area (Å²) < 4.78 is 11.9. The van der Waals surface area contributed by atoms with E-state index < -0.39 is 0 Å². The Balaban J connectivity index is 0.000000492. The van der Waals surface area contributed by atoms with E-state index in [-0.39, 0.29) is 0 Å². The average molecular weight is 256 g/mol. The van der Waals surface area contributed by atoms with Gasteiger partial charge in [0.15, 0.2) is 0 Å². The van der Waals surface area contributed by atoms with Crippen LogP contribution in [0.5, 0.6) is 0 Å². The van der Waals surface area contributed by atoms with Gasteiger partial charge in [-0.25, -0.2) is 0 Å². The maximum absolute atomic E-state index is 5.96. The van der Waals surface area contributed by atoms with E-state index in [0.717, 1.165) is 13.2 Å². The van der Waals surface area contributed by atoms with Crippen molar-refractivity contribution in [3.63, 3.8) is 0 Å². The Kier molecular flexibility index (Phi) is 6.13. The maximum Gasteiger partial charge on any atom is 0.0895 e. The third kappa shape index (κ3) is 3.27. The summed E-state index contributed by atoms with van der Waals surface area (Å²) in [6, 6.07) is 0. The molecule has 2 saturated heterocycles. The van der Waals surface area contributed by atoms with Gasteiger partial charge < -0.3 is 9.47 Å². The minimum atomic E-state index is 0.349. The van der Waals surface area contributed by atoms with Gasteiger partial charge >= 0.3 is 0 Å². The summed E-state index contributed by atoms with van der Waals surface area (Å²) in [5.74, 6) is 1.22. The largest absolute Gasteiger partial charge is 0.375 e. The first kappa shape index (κ1) is 16.0. The minimum absolute atomic E-state index is 0.349. The second kappa shape index (κ2) is 6.91. The molecule has 0 aliphatic carbocycles. The van der Waals surface area contributed by atoms with Crippen LogP contribution in [0, 0.1) is 17.3 Å². The zero-order valence-electron chi connectivity index (χ0n) is 13.2. The summed E-state index contributed by atoms with van der Waals surface area (Å²) in [5.41, 5.74) is 0.349. The Morgan fingerprint density at radius 2 is 1.50 bits per heavy atom. The Bertz CT molecular complexity index is 237. The summed E-state index contributed by atoms with van der Waals surface area (Å²) in [7, 11) is 0. The van der Waals surface area contributed by atoms with Gasteiger partial charge in [-0.15, -0.1) is 0 Å². The van der Waals surface area contributed by atoms with E-state index in [1.807, 2.05) is 0 Å². The quantitative estimate of drug-likeness (QED) is 0.750. The molecule has 0 N–H and O–H groups in total. The lowest BCUT2D eigenvalue weighted by Gasteiger charge is -2.32. The molecule has 0 saturated carbocycles. The van der Waals surface area contributed by atoms with Gasteiger partial charge in [-0.2, -0.15) is 0 Å². The molecule has 2 aliphatic rings. The standard InChI is InChI=1S/C13H24O2.C3H8/c1-5-9-7-14-12-10(8-15-11(9)12)13(3,4)6-2;1-3-2/h9-12H,5-8H2,1-4H3;3H2,1-2H3. The molecule has 0 aromatic carbocycles. The summed E-state index contributed by atoms with van der Waals surface area (Å²) in [6.07, 6.45) is 4.38. The number of rotatable bonds is 3. The van der Waals surface area contributed by atoms with Crippen molar-refractivity contribution in [2.45, 2.75) is 73.0 Å². The molecule has 0 aromatic heterocycles. The van der Waals surface area contributed by atoms with Crippen LogP contribution in [0.4, 0.5) is 0 Å². The molecule has 2 heteroatoms. The maximum atomic E-state index is 5.96. The van der Waals surface area contributed by atoms with Crippen LogP contribution in [-0.4, -0.2) is 25.4 Å². The molecule has 0 aromatic rings. The van der Waals surface area contributed by atoms with Crippen LogP contribution in [-0.2, 0) is 9.47 Å². The Morgan fingerprint density at radius 1 is 0.944 bits per heavy atom. The zero-order valence-corrected chi connectivity index (χ0v) is 13.2. The lowest BCUT2D eigenvalue weighted by Crippen LogP contribution is -2.35. The van der Waals surface area contributed by atoms with E-state index in [9.17, 15) is 0 Å². The molecule has 0 bridgehead atoms. The monoisotopic (exact) mass is 256 g/mol. The van der Waals surface area contributed by atoms with Crippen molar-refractivity contribution < 1.29 is 9.47 Å². The second-order valence-corrected chi connectivity index (χ2v) is 6.42. The van der Waals surface area contributed by atoms with E-state index in [2.05, 4.69) is 41.5 Å². The lowest BCUT2D eigenvalue weighted by atomic mass is 9.74. The van der Waals surface area contributed by atoms with Crippen molar-refractivity contribution in [2.24, 2.45) is 17.3 Å². The smallest absolute Gasteiger partial charge is 0.0895 e. The predicted molar refractivity (Wildman–Crippen MR) is 76.8 cm³/mol. The van der Waals surface area contributed by atoms with Crippen molar-refractivity contribution in [1.82, 2.24) is 0 Å². The predicted octanol–water partition coefficient (Wildman–Crippen LogP) is 4.28. The van der Waals surface area contributed by atoms with Gasteiger partial charge in [-0.05, 0) is 11.8 Å². The molecule has 0 amide bonds. The van der Waals surface area contributed by atoms with Gasteiger partial charge in [0.05, 0.1) is 25.4 Å². The molecule has 18 heavy (non-hydrogen) atoms. The Labute approximate surface area is 113 Å². The van der Waals surface area contributed by atoms with Crippen LogP contribution in [0.25, 0.3) is 0 Å². The van der Waals surface area contributed by atoms with Gasteiger partial charge in [-0.1, -0.05) is 54.4 Å². The molecule has 0 spiro atoms. The van der Waals surface area contributed by atoms with E-state index >= 15 is 0 Å². The van der Waals surface area contributed by atoms with Crippen LogP contribution in [0.1, 0.15) is 60.8 Å². The lowest BCUT2D eigenvalue weighted by molar-refractivity contribution is 0.0255. The summed E-state index contributed by atoms with van der Waals surface area (Å²) in [6.45, 7) is 15.2. The first-order valence-corrected chi connectivity index (χ1v) is 7.74. The van der Waals surface area contributed by atoms with E-state index in [4.69, 9.17) is 9.47 Å². The van der Waals surface area contributed by atoms with Gasteiger partial charge in [0.25, 0.3) is 0 Å². The highest BCUT2D eigenvalue weighted by Gasteiger charge is 2.50. The SMILES string of the molecule is CCC.CCC1COC2C1OCC2C(C)(C)CC. The van der Waals surface area contributed by atoms with E-state index in [0.29, 0.717) is 29.5 Å². The van der Waals surface area contributed by atoms with Crippen molar-refractivity contribution >= 4 is 0 Å². The molecule has 108 valence electrons. The molecule has 2 rings (SSSR count). The fourth-order valence-electron chi connectivity index (χ4n) is 2.86. The molecule has 2 heterocycles. The highest BCUT2D eigenvalue weighted by Crippen LogP contribution is 2.45. The Hall–Kier alpha value is -0.0800. The highest BCUT2D eigenvalue weighted by atomic mass is 16.6. The second-order valence-electron chi connectivity index (χ2n) is 6.42. The third-order valence-corrected chi connectivity index (χ3v) is 4.60. The van der Waals surface area contributed by atoms with E-state index in [1.54, 1.807) is 0 Å². The summed E-state index contributed by atoms with van der Waals surface area (Å²) >= 11 is 0. The van der Waals surface area contributed by atoms with Crippen LogP contribution in [0.3, 0.4) is 0 Å². The molecular weight excluding hydrogens is 224 g/mol.